The molecule has 6 heteroatoms. The van der Waals surface area contributed by atoms with Crippen molar-refractivity contribution in [3.8, 4) is 0 Å². The molecule has 3 rings (SSSR count). The fraction of sp³-hybridized carbons (Fsp3) is 0.300. The van der Waals surface area contributed by atoms with Gasteiger partial charge in [-0.2, -0.15) is 0 Å². The summed E-state index contributed by atoms with van der Waals surface area (Å²) in [6.45, 7) is 1.82. The summed E-state index contributed by atoms with van der Waals surface area (Å²) in [5.41, 5.74) is 2.45. The lowest BCUT2D eigenvalue weighted by Crippen LogP contribution is -2.45. The third kappa shape index (κ3) is 4.68. The molecule has 6 nitrogen and oxygen atoms in total. The minimum Gasteiger partial charge on any atom is -0.366 e. The molecule has 0 aliphatic carbocycles. The number of hydrogen-bond donors (Lipinski definition) is 2. The van der Waals surface area contributed by atoms with E-state index in [2.05, 4.69) is 10.6 Å². The summed E-state index contributed by atoms with van der Waals surface area (Å²) in [5, 5.41) is 5.97. The molecule has 1 aliphatic heterocycles. The Balaban J connectivity index is 1.55. The van der Waals surface area contributed by atoms with Gasteiger partial charge >= 0.3 is 0 Å². The smallest absolute Gasteiger partial charge is 0.254 e. The second-order valence-electron chi connectivity index (χ2n) is 6.21. The first-order chi connectivity index (χ1) is 12.6. The molecule has 0 bridgehead atoms. The fourth-order valence-electron chi connectivity index (χ4n) is 2.75. The van der Waals surface area contributed by atoms with Crippen LogP contribution in [-0.4, -0.2) is 44.7 Å². The van der Waals surface area contributed by atoms with E-state index in [4.69, 9.17) is 4.74 Å². The average molecular weight is 353 g/mol. The van der Waals surface area contributed by atoms with Gasteiger partial charge in [0.05, 0.1) is 13.0 Å². The molecule has 1 atom stereocenters. The van der Waals surface area contributed by atoms with Gasteiger partial charge < -0.3 is 20.3 Å². The molecule has 2 amide bonds. The number of carbonyl (C=O) groups excluding carboxylic acids is 2. The van der Waals surface area contributed by atoms with Crippen LogP contribution in [0.4, 0.5) is 11.4 Å². The van der Waals surface area contributed by atoms with E-state index in [9.17, 15) is 9.59 Å². The molecule has 0 aromatic heterocycles. The van der Waals surface area contributed by atoms with E-state index in [1.165, 1.54) is 0 Å². The second kappa shape index (κ2) is 8.60. The summed E-state index contributed by atoms with van der Waals surface area (Å²) in [4.78, 5) is 26.2. The largest absolute Gasteiger partial charge is 0.366 e. The summed E-state index contributed by atoms with van der Waals surface area (Å²) < 4.78 is 5.43. The zero-order valence-electron chi connectivity index (χ0n) is 14.8. The van der Waals surface area contributed by atoms with Crippen molar-refractivity contribution in [3.63, 3.8) is 0 Å². The number of morpholine rings is 1. The van der Waals surface area contributed by atoms with E-state index >= 15 is 0 Å². The SMILES string of the molecule is CN(C(=O)Cc1ccc(NC(=O)C2CNCCO2)cc1)c1ccccc1. The molecule has 0 spiro atoms. The van der Waals surface area contributed by atoms with E-state index in [0.717, 1.165) is 17.8 Å². The summed E-state index contributed by atoms with van der Waals surface area (Å²) in [6.07, 6.45) is -0.167. The molecule has 0 saturated carbocycles. The number of likely N-dealkylation sites (N-methyl/N-ethyl adjacent to an activating group) is 1. The number of ether oxygens (including phenoxy) is 1. The molecule has 2 aromatic carbocycles. The Bertz CT molecular complexity index is 741. The van der Waals surface area contributed by atoms with Crippen molar-refractivity contribution in [1.82, 2.24) is 5.32 Å². The lowest BCUT2D eigenvalue weighted by molar-refractivity contribution is -0.128. The van der Waals surface area contributed by atoms with Crippen LogP contribution >= 0.6 is 0 Å². The number of nitrogens with zero attached hydrogens (tertiary/aromatic N) is 1. The third-order valence-corrected chi connectivity index (χ3v) is 4.31. The second-order valence-corrected chi connectivity index (χ2v) is 6.21. The highest BCUT2D eigenvalue weighted by molar-refractivity contribution is 5.95. The first-order valence-electron chi connectivity index (χ1n) is 8.67. The molecule has 2 N–H and O–H groups in total. The van der Waals surface area contributed by atoms with Crippen LogP contribution in [-0.2, 0) is 20.7 Å². The fourth-order valence-corrected chi connectivity index (χ4v) is 2.75. The normalized spacial score (nSPS) is 16.7. The topological polar surface area (TPSA) is 70.7 Å². The zero-order chi connectivity index (χ0) is 18.4. The van der Waals surface area contributed by atoms with Crippen molar-refractivity contribution in [1.29, 1.82) is 0 Å². The Morgan fingerprint density at radius 1 is 1.15 bits per heavy atom. The van der Waals surface area contributed by atoms with Crippen molar-refractivity contribution in [2.75, 3.05) is 37.0 Å². The minimum atomic E-state index is -0.468. The zero-order valence-corrected chi connectivity index (χ0v) is 14.8. The predicted molar refractivity (Wildman–Crippen MR) is 101 cm³/mol. The van der Waals surface area contributed by atoms with Gasteiger partial charge in [-0.15, -0.1) is 0 Å². The summed E-state index contributed by atoms with van der Waals surface area (Å²) in [6, 6.07) is 16.8. The number of nitrogens with one attached hydrogen (secondary N) is 2. The van der Waals surface area contributed by atoms with Crippen LogP contribution in [0.5, 0.6) is 0 Å². The molecule has 2 aromatic rings. The number of carbonyl (C=O) groups is 2. The standard InChI is InChI=1S/C20H23N3O3/c1-23(17-5-3-2-4-6-17)19(24)13-15-7-9-16(10-8-15)22-20(25)18-14-21-11-12-26-18/h2-10,18,21H,11-14H2,1H3,(H,22,25). The Morgan fingerprint density at radius 3 is 2.54 bits per heavy atom. The Morgan fingerprint density at radius 2 is 1.88 bits per heavy atom. The molecule has 1 unspecified atom stereocenters. The first kappa shape index (κ1) is 18.1. The highest BCUT2D eigenvalue weighted by atomic mass is 16.5. The molecule has 0 radical (unpaired) electrons. The van der Waals surface area contributed by atoms with Crippen molar-refractivity contribution in [2.45, 2.75) is 12.5 Å². The maximum absolute atomic E-state index is 12.4. The molecule has 1 saturated heterocycles. The Kier molecular flexibility index (Phi) is 5.99. The van der Waals surface area contributed by atoms with Gasteiger partial charge in [0.25, 0.3) is 5.91 Å². The van der Waals surface area contributed by atoms with Crippen molar-refractivity contribution >= 4 is 23.2 Å². The molecular weight excluding hydrogens is 330 g/mol. The van der Waals surface area contributed by atoms with E-state index in [1.807, 2.05) is 42.5 Å². The number of hydrogen-bond acceptors (Lipinski definition) is 4. The van der Waals surface area contributed by atoms with Gasteiger partial charge in [0, 0.05) is 31.5 Å². The maximum Gasteiger partial charge on any atom is 0.254 e. The van der Waals surface area contributed by atoms with Crippen LogP contribution in [0.1, 0.15) is 5.56 Å². The molecule has 1 aliphatic rings. The lowest BCUT2D eigenvalue weighted by Gasteiger charge is -2.22. The van der Waals surface area contributed by atoms with Crippen LogP contribution in [0.25, 0.3) is 0 Å². The number of benzene rings is 2. The Labute approximate surface area is 153 Å². The summed E-state index contributed by atoms with van der Waals surface area (Å²) in [7, 11) is 1.77. The van der Waals surface area contributed by atoms with E-state index in [0.29, 0.717) is 25.3 Å². The number of anilines is 2. The van der Waals surface area contributed by atoms with Crippen LogP contribution in [0.2, 0.25) is 0 Å². The lowest BCUT2D eigenvalue weighted by atomic mass is 10.1. The van der Waals surface area contributed by atoms with Crippen LogP contribution in [0, 0.1) is 0 Å². The summed E-state index contributed by atoms with van der Waals surface area (Å²) >= 11 is 0. The van der Waals surface area contributed by atoms with Crippen LogP contribution in [0.3, 0.4) is 0 Å². The van der Waals surface area contributed by atoms with Crippen molar-refractivity contribution < 1.29 is 14.3 Å². The summed E-state index contributed by atoms with van der Waals surface area (Å²) in [5.74, 6) is -0.153. The van der Waals surface area contributed by atoms with Crippen LogP contribution < -0.4 is 15.5 Å². The Hall–Kier alpha value is -2.70. The monoisotopic (exact) mass is 353 g/mol. The predicted octanol–water partition coefficient (Wildman–Crippen LogP) is 1.82. The van der Waals surface area contributed by atoms with E-state index in [-0.39, 0.29) is 11.8 Å². The molecule has 136 valence electrons. The van der Waals surface area contributed by atoms with Gasteiger partial charge in [-0.05, 0) is 29.8 Å². The van der Waals surface area contributed by atoms with E-state index in [1.54, 1.807) is 24.1 Å². The maximum atomic E-state index is 12.4. The quantitative estimate of drug-likeness (QED) is 0.860. The van der Waals surface area contributed by atoms with Gasteiger partial charge in [0.1, 0.15) is 6.10 Å². The number of para-hydroxylation sites is 1. The van der Waals surface area contributed by atoms with Crippen molar-refractivity contribution in [3.05, 3.63) is 60.2 Å². The van der Waals surface area contributed by atoms with Gasteiger partial charge in [0.2, 0.25) is 5.91 Å². The highest BCUT2D eigenvalue weighted by Gasteiger charge is 2.21. The number of rotatable bonds is 5. The number of amides is 2. The van der Waals surface area contributed by atoms with Crippen molar-refractivity contribution in [2.24, 2.45) is 0 Å². The molecule has 1 heterocycles. The van der Waals surface area contributed by atoms with Crippen LogP contribution in [0.15, 0.2) is 54.6 Å². The molecule has 1 fully saturated rings. The average Bonchev–Trinajstić information content (AvgIpc) is 2.70. The van der Waals surface area contributed by atoms with Gasteiger partial charge in [0.15, 0.2) is 0 Å². The molecule has 26 heavy (non-hydrogen) atoms. The minimum absolute atomic E-state index is 0.00895. The van der Waals surface area contributed by atoms with Gasteiger partial charge in [-0.3, -0.25) is 9.59 Å². The van der Waals surface area contributed by atoms with E-state index < -0.39 is 6.10 Å². The van der Waals surface area contributed by atoms with Gasteiger partial charge in [-0.1, -0.05) is 30.3 Å². The van der Waals surface area contributed by atoms with Gasteiger partial charge in [-0.25, -0.2) is 0 Å². The third-order valence-electron chi connectivity index (χ3n) is 4.31. The highest BCUT2D eigenvalue weighted by Crippen LogP contribution is 2.15. The first-order valence-corrected chi connectivity index (χ1v) is 8.67. The molecular formula is C20H23N3O3.